The molecule has 0 aliphatic carbocycles. The summed E-state index contributed by atoms with van der Waals surface area (Å²) < 4.78 is 44.7. The fourth-order valence-electron chi connectivity index (χ4n) is 3.56. The first-order valence-corrected chi connectivity index (χ1v) is 10.4. The number of benzene rings is 1. The van der Waals surface area contributed by atoms with E-state index in [1.165, 1.54) is 9.87 Å². The summed E-state index contributed by atoms with van der Waals surface area (Å²) >= 11 is 0. The molecule has 9 heteroatoms. The van der Waals surface area contributed by atoms with Crippen LogP contribution in [0.25, 0.3) is 0 Å². The molecule has 144 valence electrons. The molecule has 26 heavy (non-hydrogen) atoms. The third-order valence-corrected chi connectivity index (χ3v) is 7.21. The van der Waals surface area contributed by atoms with Gasteiger partial charge in [-0.05, 0) is 30.2 Å². The van der Waals surface area contributed by atoms with Crippen LogP contribution in [0.2, 0.25) is 0 Å². The molecule has 0 unspecified atom stereocenters. The molecule has 0 radical (unpaired) electrons. The molecule has 3 aliphatic rings. The maximum Gasteiger partial charge on any atom is 0.282 e. The van der Waals surface area contributed by atoms with Gasteiger partial charge in [0, 0.05) is 45.8 Å². The van der Waals surface area contributed by atoms with Gasteiger partial charge in [0.15, 0.2) is 11.5 Å². The van der Waals surface area contributed by atoms with Gasteiger partial charge in [-0.25, -0.2) is 0 Å². The van der Waals surface area contributed by atoms with Crippen molar-refractivity contribution in [1.29, 1.82) is 0 Å². The van der Waals surface area contributed by atoms with E-state index in [-0.39, 0.29) is 6.79 Å². The first-order valence-electron chi connectivity index (χ1n) is 8.98. The van der Waals surface area contributed by atoms with E-state index in [0.717, 1.165) is 36.7 Å². The third kappa shape index (κ3) is 3.54. The van der Waals surface area contributed by atoms with Crippen LogP contribution in [0, 0.1) is 6.92 Å². The fourth-order valence-corrected chi connectivity index (χ4v) is 5.12. The minimum Gasteiger partial charge on any atom is -0.454 e. The lowest BCUT2D eigenvalue weighted by Crippen LogP contribution is -2.54. The lowest BCUT2D eigenvalue weighted by molar-refractivity contribution is 0.0684. The predicted molar refractivity (Wildman–Crippen MR) is 95.5 cm³/mol. The van der Waals surface area contributed by atoms with Crippen molar-refractivity contribution in [2.75, 3.05) is 59.3 Å². The highest BCUT2D eigenvalue weighted by Gasteiger charge is 2.33. The average molecular weight is 383 g/mol. The normalized spacial score (nSPS) is 22.7. The van der Waals surface area contributed by atoms with Gasteiger partial charge in [-0.3, -0.25) is 4.90 Å². The standard InChI is InChI=1S/C17H25N3O5S/c1-14-10-16-17(25-13-24-16)11-15(14)12-18-2-4-19(5-3-18)26(21,22)20-6-8-23-9-7-20/h10-11H,2-9,12-13H2,1H3. The molecule has 3 aliphatic heterocycles. The zero-order chi connectivity index (χ0) is 18.1. The molecule has 0 N–H and O–H groups in total. The van der Waals surface area contributed by atoms with E-state index >= 15 is 0 Å². The molecular weight excluding hydrogens is 358 g/mol. The number of hydrogen-bond acceptors (Lipinski definition) is 6. The van der Waals surface area contributed by atoms with Gasteiger partial charge in [0.2, 0.25) is 6.79 Å². The number of aryl methyl sites for hydroxylation is 1. The SMILES string of the molecule is Cc1cc2c(cc1CN1CCN(S(=O)(=O)N3CCOCC3)CC1)OCO2. The molecular formula is C17H25N3O5S. The predicted octanol–water partition coefficient (Wildman–Crippen LogP) is 0.418. The minimum atomic E-state index is -3.37. The quantitative estimate of drug-likeness (QED) is 0.750. The molecule has 2 fully saturated rings. The molecule has 0 amide bonds. The number of ether oxygens (including phenoxy) is 3. The van der Waals surface area contributed by atoms with Gasteiger partial charge in [0.05, 0.1) is 13.2 Å². The Balaban J connectivity index is 1.37. The van der Waals surface area contributed by atoms with Crippen molar-refractivity contribution in [3.63, 3.8) is 0 Å². The van der Waals surface area contributed by atoms with Gasteiger partial charge in [0.25, 0.3) is 10.2 Å². The minimum absolute atomic E-state index is 0.274. The molecule has 3 heterocycles. The first kappa shape index (κ1) is 18.0. The Morgan fingerprint density at radius 1 is 0.923 bits per heavy atom. The van der Waals surface area contributed by atoms with Crippen molar-refractivity contribution in [2.24, 2.45) is 0 Å². The molecule has 0 bridgehead atoms. The van der Waals surface area contributed by atoms with Gasteiger partial charge in [-0.1, -0.05) is 0 Å². The number of nitrogens with zero attached hydrogens (tertiary/aromatic N) is 3. The van der Waals surface area contributed by atoms with Crippen LogP contribution in [0.4, 0.5) is 0 Å². The van der Waals surface area contributed by atoms with Gasteiger partial charge in [0.1, 0.15) is 0 Å². The largest absolute Gasteiger partial charge is 0.454 e. The summed E-state index contributed by atoms with van der Waals surface area (Å²) in [6, 6.07) is 4.05. The second-order valence-electron chi connectivity index (χ2n) is 6.83. The molecule has 8 nitrogen and oxygen atoms in total. The summed E-state index contributed by atoms with van der Waals surface area (Å²) in [5.74, 6) is 1.59. The van der Waals surface area contributed by atoms with E-state index in [1.807, 2.05) is 12.1 Å². The number of hydrogen-bond donors (Lipinski definition) is 0. The van der Waals surface area contributed by atoms with Crippen LogP contribution < -0.4 is 9.47 Å². The Kier molecular flexibility index (Phi) is 5.07. The zero-order valence-electron chi connectivity index (χ0n) is 15.0. The van der Waals surface area contributed by atoms with Crippen molar-refractivity contribution in [2.45, 2.75) is 13.5 Å². The Bertz CT molecular complexity index is 756. The van der Waals surface area contributed by atoms with Gasteiger partial charge in [-0.2, -0.15) is 17.0 Å². The molecule has 0 spiro atoms. The zero-order valence-corrected chi connectivity index (χ0v) is 15.8. The Morgan fingerprint density at radius 3 is 2.23 bits per heavy atom. The highest BCUT2D eigenvalue weighted by Crippen LogP contribution is 2.35. The topological polar surface area (TPSA) is 71.6 Å². The van der Waals surface area contributed by atoms with Gasteiger partial charge < -0.3 is 14.2 Å². The molecule has 1 aromatic rings. The molecule has 4 rings (SSSR count). The van der Waals surface area contributed by atoms with E-state index in [0.29, 0.717) is 39.4 Å². The van der Waals surface area contributed by atoms with Gasteiger partial charge in [-0.15, -0.1) is 0 Å². The summed E-state index contributed by atoms with van der Waals surface area (Å²) in [4.78, 5) is 2.29. The van der Waals surface area contributed by atoms with Crippen molar-refractivity contribution >= 4 is 10.2 Å². The molecule has 1 aromatic carbocycles. The Morgan fingerprint density at radius 2 is 1.54 bits per heavy atom. The lowest BCUT2D eigenvalue weighted by atomic mass is 10.1. The van der Waals surface area contributed by atoms with Crippen molar-refractivity contribution in [1.82, 2.24) is 13.5 Å². The summed E-state index contributed by atoms with van der Waals surface area (Å²) in [5.41, 5.74) is 2.36. The molecule has 0 saturated carbocycles. The van der Waals surface area contributed by atoms with E-state index in [1.54, 1.807) is 4.31 Å². The molecule has 0 aromatic heterocycles. The second kappa shape index (κ2) is 7.32. The van der Waals surface area contributed by atoms with Crippen LogP contribution in [0.5, 0.6) is 11.5 Å². The van der Waals surface area contributed by atoms with Crippen molar-refractivity contribution < 1.29 is 22.6 Å². The smallest absolute Gasteiger partial charge is 0.282 e. The highest BCUT2D eigenvalue weighted by molar-refractivity contribution is 7.86. The van der Waals surface area contributed by atoms with E-state index in [2.05, 4.69) is 11.8 Å². The summed E-state index contributed by atoms with van der Waals surface area (Å²) in [6.45, 7) is 7.44. The first-order chi connectivity index (χ1) is 12.5. The fraction of sp³-hybridized carbons (Fsp3) is 0.647. The number of piperazine rings is 1. The summed E-state index contributed by atoms with van der Waals surface area (Å²) in [5, 5.41) is 0. The van der Waals surface area contributed by atoms with Crippen LogP contribution in [-0.4, -0.2) is 81.2 Å². The van der Waals surface area contributed by atoms with E-state index < -0.39 is 10.2 Å². The monoisotopic (exact) mass is 383 g/mol. The Hall–Kier alpha value is -1.39. The highest BCUT2D eigenvalue weighted by atomic mass is 32.2. The molecule has 0 atom stereocenters. The van der Waals surface area contributed by atoms with Crippen LogP contribution >= 0.6 is 0 Å². The van der Waals surface area contributed by atoms with E-state index in [9.17, 15) is 8.42 Å². The van der Waals surface area contributed by atoms with Gasteiger partial charge >= 0.3 is 0 Å². The number of rotatable bonds is 4. The van der Waals surface area contributed by atoms with Crippen molar-refractivity contribution in [3.05, 3.63) is 23.3 Å². The second-order valence-corrected chi connectivity index (χ2v) is 8.75. The summed E-state index contributed by atoms with van der Waals surface area (Å²) in [6.07, 6.45) is 0. The maximum absolute atomic E-state index is 12.7. The Labute approximate surface area is 154 Å². The molecule has 2 saturated heterocycles. The van der Waals surface area contributed by atoms with Crippen LogP contribution in [0.3, 0.4) is 0 Å². The average Bonchev–Trinajstić information content (AvgIpc) is 3.10. The van der Waals surface area contributed by atoms with Crippen LogP contribution in [0.1, 0.15) is 11.1 Å². The van der Waals surface area contributed by atoms with Crippen molar-refractivity contribution in [3.8, 4) is 11.5 Å². The lowest BCUT2D eigenvalue weighted by Gasteiger charge is -2.37. The van der Waals surface area contributed by atoms with E-state index in [4.69, 9.17) is 14.2 Å². The number of morpholine rings is 1. The van der Waals surface area contributed by atoms with Crippen LogP contribution in [-0.2, 0) is 21.5 Å². The third-order valence-electron chi connectivity index (χ3n) is 5.18. The number of fused-ring (bicyclic) bond motifs is 1. The summed E-state index contributed by atoms with van der Waals surface area (Å²) in [7, 11) is -3.37. The maximum atomic E-state index is 12.7. The van der Waals surface area contributed by atoms with Crippen LogP contribution in [0.15, 0.2) is 12.1 Å².